The van der Waals surface area contributed by atoms with Crippen molar-refractivity contribution in [1.29, 1.82) is 0 Å². The highest BCUT2D eigenvalue weighted by Gasteiger charge is 2.32. The van der Waals surface area contributed by atoms with Crippen molar-refractivity contribution in [2.75, 3.05) is 33.7 Å². The molecule has 1 saturated heterocycles. The molecule has 0 amide bonds. The average Bonchev–Trinajstić information content (AvgIpc) is 2.92. The number of nitrogens with zero attached hydrogens (tertiary/aromatic N) is 2. The molecule has 0 bridgehead atoms. The minimum absolute atomic E-state index is 0.416. The number of hydrogen-bond donors (Lipinski definition) is 1. The Labute approximate surface area is 130 Å². The van der Waals surface area contributed by atoms with E-state index in [4.69, 9.17) is 0 Å². The zero-order valence-corrected chi connectivity index (χ0v) is 14.0. The summed E-state index contributed by atoms with van der Waals surface area (Å²) < 4.78 is 0. The Kier molecular flexibility index (Phi) is 6.22. The lowest BCUT2D eigenvalue weighted by Crippen LogP contribution is -2.48. The van der Waals surface area contributed by atoms with Crippen molar-refractivity contribution in [2.24, 2.45) is 0 Å². The molecule has 0 aromatic heterocycles. The normalized spacial score (nSPS) is 22.6. The third-order valence-corrected chi connectivity index (χ3v) is 4.59. The number of hydrogen-bond acceptors (Lipinski definition) is 3. The van der Waals surface area contributed by atoms with Gasteiger partial charge < -0.3 is 10.2 Å². The van der Waals surface area contributed by atoms with Crippen LogP contribution >= 0.6 is 0 Å². The molecule has 21 heavy (non-hydrogen) atoms. The predicted octanol–water partition coefficient (Wildman–Crippen LogP) is 2.75. The van der Waals surface area contributed by atoms with E-state index in [1.165, 1.54) is 24.9 Å². The molecule has 1 aromatic rings. The zero-order chi connectivity index (χ0) is 15.2. The van der Waals surface area contributed by atoms with E-state index in [0.29, 0.717) is 18.1 Å². The first kappa shape index (κ1) is 16.5. The van der Waals surface area contributed by atoms with E-state index < -0.39 is 0 Å². The molecule has 1 fully saturated rings. The molecule has 0 aliphatic carbocycles. The predicted molar refractivity (Wildman–Crippen MR) is 90.6 cm³/mol. The first-order chi connectivity index (χ1) is 10.1. The summed E-state index contributed by atoms with van der Waals surface area (Å²) in [7, 11) is 4.36. The summed E-state index contributed by atoms with van der Waals surface area (Å²) >= 11 is 0. The molecule has 1 aromatic carbocycles. The summed E-state index contributed by atoms with van der Waals surface area (Å²) in [5, 5.41) is 3.69. The summed E-state index contributed by atoms with van der Waals surface area (Å²) in [6, 6.07) is 12.5. The van der Waals surface area contributed by atoms with Crippen molar-refractivity contribution in [2.45, 2.75) is 44.8 Å². The third kappa shape index (κ3) is 4.29. The van der Waals surface area contributed by atoms with Crippen molar-refractivity contribution in [1.82, 2.24) is 15.1 Å². The highest BCUT2D eigenvalue weighted by molar-refractivity contribution is 5.20. The summed E-state index contributed by atoms with van der Waals surface area (Å²) in [6.45, 7) is 7.99. The third-order valence-electron chi connectivity index (χ3n) is 4.59. The first-order valence-corrected chi connectivity index (χ1v) is 8.32. The van der Waals surface area contributed by atoms with Crippen LogP contribution in [0.3, 0.4) is 0 Å². The van der Waals surface area contributed by atoms with Crippen molar-refractivity contribution < 1.29 is 0 Å². The molecule has 3 heteroatoms. The van der Waals surface area contributed by atoms with E-state index in [-0.39, 0.29) is 0 Å². The summed E-state index contributed by atoms with van der Waals surface area (Å²) in [4.78, 5) is 5.03. The Morgan fingerprint density at radius 1 is 1.29 bits per heavy atom. The summed E-state index contributed by atoms with van der Waals surface area (Å²) in [6.07, 6.45) is 2.66. The zero-order valence-electron chi connectivity index (χ0n) is 14.0. The quantitative estimate of drug-likeness (QED) is 0.832. The standard InChI is InChI=1S/C18H31N3/c1-5-19-18(16-10-7-6-8-11-16)15(2)21-13-9-12-17(21)14-20(3)4/h6-8,10-11,15,17-19H,5,9,12-14H2,1-4H3. The lowest BCUT2D eigenvalue weighted by atomic mass is 9.98. The Bertz CT molecular complexity index is 404. The molecular formula is C18H31N3. The Morgan fingerprint density at radius 2 is 2.00 bits per heavy atom. The maximum Gasteiger partial charge on any atom is 0.0475 e. The smallest absolute Gasteiger partial charge is 0.0475 e. The number of likely N-dealkylation sites (tertiary alicyclic amines) is 1. The minimum Gasteiger partial charge on any atom is -0.309 e. The van der Waals surface area contributed by atoms with Crippen LogP contribution in [0.15, 0.2) is 30.3 Å². The molecule has 0 radical (unpaired) electrons. The van der Waals surface area contributed by atoms with Crippen molar-refractivity contribution >= 4 is 0 Å². The second-order valence-corrected chi connectivity index (χ2v) is 6.48. The average molecular weight is 289 g/mol. The number of benzene rings is 1. The van der Waals surface area contributed by atoms with Gasteiger partial charge in [0.2, 0.25) is 0 Å². The van der Waals surface area contributed by atoms with Gasteiger partial charge >= 0.3 is 0 Å². The Balaban J connectivity index is 2.12. The maximum absolute atomic E-state index is 3.69. The molecule has 0 saturated carbocycles. The molecule has 1 heterocycles. The molecule has 118 valence electrons. The van der Waals surface area contributed by atoms with Crippen LogP contribution in [-0.4, -0.2) is 55.6 Å². The van der Waals surface area contributed by atoms with Crippen LogP contribution in [0, 0.1) is 0 Å². The molecule has 3 unspecified atom stereocenters. The van der Waals surface area contributed by atoms with Gasteiger partial charge in [0.15, 0.2) is 0 Å². The maximum atomic E-state index is 3.69. The van der Waals surface area contributed by atoms with Gasteiger partial charge in [-0.1, -0.05) is 37.3 Å². The highest BCUT2D eigenvalue weighted by atomic mass is 15.3. The summed E-state index contributed by atoms with van der Waals surface area (Å²) in [5.41, 5.74) is 1.40. The molecule has 3 atom stereocenters. The van der Waals surface area contributed by atoms with Crippen LogP contribution < -0.4 is 5.32 Å². The largest absolute Gasteiger partial charge is 0.309 e. The Morgan fingerprint density at radius 3 is 2.62 bits per heavy atom. The first-order valence-electron chi connectivity index (χ1n) is 8.32. The van der Waals surface area contributed by atoms with Crippen LogP contribution in [0.25, 0.3) is 0 Å². The molecule has 3 nitrogen and oxygen atoms in total. The molecule has 2 rings (SSSR count). The lowest BCUT2D eigenvalue weighted by Gasteiger charge is -2.37. The highest BCUT2D eigenvalue weighted by Crippen LogP contribution is 2.28. The van der Waals surface area contributed by atoms with Gasteiger partial charge in [0.25, 0.3) is 0 Å². The fourth-order valence-electron chi connectivity index (χ4n) is 3.65. The van der Waals surface area contributed by atoms with Crippen LogP contribution in [-0.2, 0) is 0 Å². The fraction of sp³-hybridized carbons (Fsp3) is 0.667. The molecular weight excluding hydrogens is 258 g/mol. The monoisotopic (exact) mass is 289 g/mol. The Hall–Kier alpha value is -0.900. The fourth-order valence-corrected chi connectivity index (χ4v) is 3.65. The minimum atomic E-state index is 0.416. The molecule has 1 N–H and O–H groups in total. The van der Waals surface area contributed by atoms with Gasteiger partial charge in [-0.15, -0.1) is 0 Å². The number of rotatable bonds is 7. The van der Waals surface area contributed by atoms with E-state index in [1.54, 1.807) is 0 Å². The van der Waals surface area contributed by atoms with Gasteiger partial charge in [-0.2, -0.15) is 0 Å². The van der Waals surface area contributed by atoms with Crippen LogP contribution in [0.4, 0.5) is 0 Å². The van der Waals surface area contributed by atoms with Crippen molar-refractivity contribution in [3.8, 4) is 0 Å². The van der Waals surface area contributed by atoms with Crippen molar-refractivity contribution in [3.05, 3.63) is 35.9 Å². The second-order valence-electron chi connectivity index (χ2n) is 6.48. The van der Waals surface area contributed by atoms with Gasteiger partial charge in [0, 0.05) is 24.7 Å². The summed E-state index contributed by atoms with van der Waals surface area (Å²) in [5.74, 6) is 0. The second kappa shape index (κ2) is 7.92. The number of likely N-dealkylation sites (N-methyl/N-ethyl adjacent to an activating group) is 2. The number of nitrogens with one attached hydrogen (secondary N) is 1. The SMILES string of the molecule is CCNC(c1ccccc1)C(C)N1CCCC1CN(C)C. The van der Waals surface area contributed by atoms with E-state index in [0.717, 1.165) is 13.1 Å². The van der Waals surface area contributed by atoms with E-state index in [9.17, 15) is 0 Å². The van der Waals surface area contributed by atoms with Crippen LogP contribution in [0.1, 0.15) is 38.3 Å². The topological polar surface area (TPSA) is 18.5 Å². The molecule has 1 aliphatic heterocycles. The lowest BCUT2D eigenvalue weighted by molar-refractivity contribution is 0.133. The van der Waals surface area contributed by atoms with Gasteiger partial charge in [-0.25, -0.2) is 0 Å². The van der Waals surface area contributed by atoms with Gasteiger partial charge in [-0.05, 0) is 52.5 Å². The van der Waals surface area contributed by atoms with E-state index >= 15 is 0 Å². The van der Waals surface area contributed by atoms with E-state index in [1.807, 2.05) is 0 Å². The van der Waals surface area contributed by atoms with Gasteiger partial charge in [0.05, 0.1) is 0 Å². The van der Waals surface area contributed by atoms with Crippen LogP contribution in [0.5, 0.6) is 0 Å². The molecule has 0 spiro atoms. The van der Waals surface area contributed by atoms with Crippen LogP contribution in [0.2, 0.25) is 0 Å². The van der Waals surface area contributed by atoms with Gasteiger partial charge in [-0.3, -0.25) is 4.90 Å². The van der Waals surface area contributed by atoms with E-state index in [2.05, 4.69) is 73.4 Å². The van der Waals surface area contributed by atoms with Gasteiger partial charge in [0.1, 0.15) is 0 Å². The van der Waals surface area contributed by atoms with Crippen molar-refractivity contribution in [3.63, 3.8) is 0 Å². The molecule has 1 aliphatic rings.